The van der Waals surface area contributed by atoms with E-state index in [1.165, 1.54) is 0 Å². The molecule has 1 N–H and O–H groups in total. The van der Waals surface area contributed by atoms with Gasteiger partial charge >= 0.3 is 0 Å². The van der Waals surface area contributed by atoms with Gasteiger partial charge in [-0.25, -0.2) is 0 Å². The number of nitrogens with one attached hydrogen (secondary N) is 1. The van der Waals surface area contributed by atoms with E-state index in [0.29, 0.717) is 17.5 Å². The van der Waals surface area contributed by atoms with Gasteiger partial charge in [0.05, 0.1) is 6.04 Å². The van der Waals surface area contributed by atoms with Crippen molar-refractivity contribution in [3.8, 4) is 0 Å². The Hall–Kier alpha value is -0.580. The zero-order valence-corrected chi connectivity index (χ0v) is 14.8. The minimum atomic E-state index is -0.160. The highest BCUT2D eigenvalue weighted by molar-refractivity contribution is 9.10. The van der Waals surface area contributed by atoms with Gasteiger partial charge in [-0.15, -0.1) is 0 Å². The molecule has 0 aliphatic rings. The Morgan fingerprint density at radius 2 is 2.05 bits per heavy atom. The van der Waals surface area contributed by atoms with E-state index in [0.717, 1.165) is 16.5 Å². The minimum absolute atomic E-state index is 0.115. The van der Waals surface area contributed by atoms with Crippen LogP contribution in [0.5, 0.6) is 0 Å². The Morgan fingerprint density at radius 1 is 1.40 bits per heavy atom. The third-order valence-corrected chi connectivity index (χ3v) is 3.97. The molecule has 1 aromatic rings. The van der Waals surface area contributed by atoms with Gasteiger partial charge in [-0.2, -0.15) is 0 Å². The Bertz CT molecular complexity index is 463. The number of carbonyl (C=O) groups is 1. The first kappa shape index (κ1) is 17.5. The molecule has 5 heteroatoms. The third-order valence-electron chi connectivity index (χ3n) is 3.00. The molecule has 0 saturated heterocycles. The molecule has 0 fully saturated rings. The summed E-state index contributed by atoms with van der Waals surface area (Å²) >= 11 is 9.42. The number of rotatable bonds is 6. The van der Waals surface area contributed by atoms with Gasteiger partial charge in [-0.05, 0) is 30.0 Å². The Balaban J connectivity index is 2.72. The lowest BCUT2D eigenvalue weighted by Crippen LogP contribution is -2.44. The molecule has 112 valence electrons. The second-order valence-corrected chi connectivity index (χ2v) is 6.82. The lowest BCUT2D eigenvalue weighted by molar-refractivity contribution is -0.131. The number of likely N-dealkylation sites (N-methyl/N-ethyl adjacent to an activating group) is 1. The minimum Gasteiger partial charge on any atom is -0.347 e. The van der Waals surface area contributed by atoms with E-state index < -0.39 is 0 Å². The van der Waals surface area contributed by atoms with E-state index in [-0.39, 0.29) is 11.9 Å². The molecule has 0 radical (unpaired) electrons. The molecule has 20 heavy (non-hydrogen) atoms. The third kappa shape index (κ3) is 5.43. The molecular weight excluding hydrogens is 340 g/mol. The highest BCUT2D eigenvalue weighted by atomic mass is 79.9. The van der Waals surface area contributed by atoms with Crippen LogP contribution < -0.4 is 5.32 Å². The summed E-state index contributed by atoms with van der Waals surface area (Å²) in [6.45, 7) is 4.88. The largest absolute Gasteiger partial charge is 0.347 e. The fourth-order valence-corrected chi connectivity index (χ4v) is 2.78. The van der Waals surface area contributed by atoms with Crippen LogP contribution >= 0.6 is 27.5 Å². The smallest absolute Gasteiger partial charge is 0.239 e. The summed E-state index contributed by atoms with van der Waals surface area (Å²) in [6, 6.07) is 5.53. The van der Waals surface area contributed by atoms with Crippen LogP contribution in [0.25, 0.3) is 0 Å². The van der Waals surface area contributed by atoms with Gasteiger partial charge in [0.15, 0.2) is 0 Å². The number of hydrogen-bond donors (Lipinski definition) is 1. The summed E-state index contributed by atoms with van der Waals surface area (Å²) in [6.07, 6.45) is 0.822. The normalized spacial score (nSPS) is 12.6. The van der Waals surface area contributed by atoms with Crippen molar-refractivity contribution in [2.24, 2.45) is 5.92 Å². The van der Waals surface area contributed by atoms with Crippen molar-refractivity contribution in [1.29, 1.82) is 0 Å². The SMILES string of the molecule is CC(C)CC(NCc1ccc(Cl)cc1Br)C(=O)N(C)C. The van der Waals surface area contributed by atoms with Crippen LogP contribution in [0, 0.1) is 5.92 Å². The summed E-state index contributed by atoms with van der Waals surface area (Å²) in [7, 11) is 3.57. The molecule has 0 heterocycles. The average Bonchev–Trinajstić information content (AvgIpc) is 2.34. The van der Waals surface area contributed by atoms with Crippen molar-refractivity contribution in [2.75, 3.05) is 14.1 Å². The number of carbonyl (C=O) groups excluding carboxylic acids is 1. The Kier molecular flexibility index (Phi) is 7.00. The van der Waals surface area contributed by atoms with Crippen molar-refractivity contribution in [1.82, 2.24) is 10.2 Å². The van der Waals surface area contributed by atoms with Crippen molar-refractivity contribution >= 4 is 33.4 Å². The van der Waals surface area contributed by atoms with E-state index in [1.807, 2.05) is 18.2 Å². The lowest BCUT2D eigenvalue weighted by Gasteiger charge is -2.23. The zero-order valence-electron chi connectivity index (χ0n) is 12.4. The van der Waals surface area contributed by atoms with E-state index in [1.54, 1.807) is 19.0 Å². The molecular formula is C15H22BrClN2O. The molecule has 1 rings (SSSR count). The fraction of sp³-hybridized carbons (Fsp3) is 0.533. The van der Waals surface area contributed by atoms with E-state index >= 15 is 0 Å². The molecule has 1 amide bonds. The van der Waals surface area contributed by atoms with Gasteiger partial charge in [-0.3, -0.25) is 4.79 Å². The van der Waals surface area contributed by atoms with Gasteiger partial charge in [0, 0.05) is 30.1 Å². The zero-order chi connectivity index (χ0) is 15.3. The molecule has 0 aliphatic heterocycles. The summed E-state index contributed by atoms with van der Waals surface area (Å²) < 4.78 is 0.957. The number of benzene rings is 1. The van der Waals surface area contributed by atoms with Crippen molar-refractivity contribution < 1.29 is 4.79 Å². The first-order chi connectivity index (χ1) is 9.31. The Morgan fingerprint density at radius 3 is 2.55 bits per heavy atom. The monoisotopic (exact) mass is 360 g/mol. The molecule has 1 unspecified atom stereocenters. The molecule has 3 nitrogen and oxygen atoms in total. The predicted molar refractivity (Wildman–Crippen MR) is 87.9 cm³/mol. The van der Waals surface area contributed by atoms with Crippen molar-refractivity contribution in [3.05, 3.63) is 33.3 Å². The molecule has 1 atom stereocenters. The van der Waals surface area contributed by atoms with Crippen LogP contribution in [0.2, 0.25) is 5.02 Å². The quantitative estimate of drug-likeness (QED) is 0.838. The number of nitrogens with zero attached hydrogens (tertiary/aromatic N) is 1. The molecule has 0 bridgehead atoms. The summed E-state index contributed by atoms with van der Waals surface area (Å²) in [5, 5.41) is 4.04. The summed E-state index contributed by atoms with van der Waals surface area (Å²) in [5.41, 5.74) is 1.09. The predicted octanol–water partition coefficient (Wildman–Crippen LogP) is 3.70. The van der Waals surface area contributed by atoms with Crippen LogP contribution in [0.1, 0.15) is 25.8 Å². The van der Waals surface area contributed by atoms with Crippen LogP contribution in [0.15, 0.2) is 22.7 Å². The number of halogens is 2. The maximum absolute atomic E-state index is 12.2. The summed E-state index contributed by atoms with van der Waals surface area (Å²) in [5.74, 6) is 0.578. The van der Waals surface area contributed by atoms with Gasteiger partial charge < -0.3 is 10.2 Å². The highest BCUT2D eigenvalue weighted by Gasteiger charge is 2.21. The van der Waals surface area contributed by atoms with Gasteiger partial charge in [0.2, 0.25) is 5.91 Å². The van der Waals surface area contributed by atoms with Crippen LogP contribution in [0.3, 0.4) is 0 Å². The Labute approximate surface area is 134 Å². The number of amides is 1. The van der Waals surface area contributed by atoms with Crippen LogP contribution in [-0.4, -0.2) is 30.9 Å². The second-order valence-electron chi connectivity index (χ2n) is 5.53. The standard InChI is InChI=1S/C15H22BrClN2O/c1-10(2)7-14(15(20)19(3)4)18-9-11-5-6-12(17)8-13(11)16/h5-6,8,10,14,18H,7,9H2,1-4H3. The lowest BCUT2D eigenvalue weighted by atomic mass is 10.0. The van der Waals surface area contributed by atoms with Crippen molar-refractivity contribution in [3.63, 3.8) is 0 Å². The van der Waals surface area contributed by atoms with E-state index in [9.17, 15) is 4.79 Å². The van der Waals surface area contributed by atoms with Gasteiger partial charge in [-0.1, -0.05) is 47.4 Å². The maximum atomic E-state index is 12.2. The summed E-state index contributed by atoms with van der Waals surface area (Å²) in [4.78, 5) is 13.8. The first-order valence-electron chi connectivity index (χ1n) is 6.69. The van der Waals surface area contributed by atoms with Gasteiger partial charge in [0.25, 0.3) is 0 Å². The number of hydrogen-bond acceptors (Lipinski definition) is 2. The maximum Gasteiger partial charge on any atom is 0.239 e. The molecule has 1 aromatic carbocycles. The molecule has 0 spiro atoms. The van der Waals surface area contributed by atoms with Crippen molar-refractivity contribution in [2.45, 2.75) is 32.9 Å². The van der Waals surface area contributed by atoms with E-state index in [2.05, 4.69) is 35.1 Å². The first-order valence-corrected chi connectivity index (χ1v) is 7.86. The average molecular weight is 362 g/mol. The molecule has 0 aromatic heterocycles. The van der Waals surface area contributed by atoms with E-state index in [4.69, 9.17) is 11.6 Å². The van der Waals surface area contributed by atoms with Crippen LogP contribution in [-0.2, 0) is 11.3 Å². The molecule has 0 saturated carbocycles. The second kappa shape index (κ2) is 8.01. The highest BCUT2D eigenvalue weighted by Crippen LogP contribution is 2.21. The topological polar surface area (TPSA) is 32.3 Å². The fourth-order valence-electron chi connectivity index (χ4n) is 1.95. The van der Waals surface area contributed by atoms with Crippen LogP contribution in [0.4, 0.5) is 0 Å². The van der Waals surface area contributed by atoms with Gasteiger partial charge in [0.1, 0.15) is 0 Å². The molecule has 0 aliphatic carbocycles.